The number of sulfonamides is 1. The minimum Gasteiger partial charge on any atom is -0.477 e. The van der Waals surface area contributed by atoms with Crippen molar-refractivity contribution in [1.29, 1.82) is 0 Å². The number of ether oxygens (including phenoxy) is 1. The van der Waals surface area contributed by atoms with Crippen LogP contribution in [0.5, 0.6) is 5.75 Å². The number of nitro benzene ring substituents is 1. The van der Waals surface area contributed by atoms with Gasteiger partial charge in [0.05, 0.1) is 9.82 Å². The fourth-order valence-electron chi connectivity index (χ4n) is 2.72. The molecule has 0 fully saturated rings. The summed E-state index contributed by atoms with van der Waals surface area (Å²) in [6, 6.07) is 11.6. The molecule has 0 radical (unpaired) electrons. The highest BCUT2D eigenvalue weighted by Gasteiger charge is 2.21. The van der Waals surface area contributed by atoms with E-state index in [0.717, 1.165) is 6.08 Å². The van der Waals surface area contributed by atoms with Gasteiger partial charge >= 0.3 is 5.69 Å². The molecular weight excluding hydrogens is 452 g/mol. The molecular formula is C21H24N4O7S. The van der Waals surface area contributed by atoms with Gasteiger partial charge in [-0.3, -0.25) is 30.6 Å². The van der Waals surface area contributed by atoms with Crippen molar-refractivity contribution in [3.8, 4) is 5.75 Å². The molecule has 2 aromatic carbocycles. The topological polar surface area (TPSA) is 148 Å². The second-order valence-corrected chi connectivity index (χ2v) is 8.48. The van der Waals surface area contributed by atoms with E-state index < -0.39 is 33.4 Å². The summed E-state index contributed by atoms with van der Waals surface area (Å²) in [7, 11) is -3.57. The molecule has 176 valence electrons. The Hall–Kier alpha value is -3.77. The van der Waals surface area contributed by atoms with Crippen LogP contribution in [-0.2, 0) is 19.6 Å². The first-order chi connectivity index (χ1) is 15.7. The molecule has 2 amide bonds. The first kappa shape index (κ1) is 25.5. The molecule has 0 bridgehead atoms. The van der Waals surface area contributed by atoms with E-state index in [2.05, 4.69) is 10.9 Å². The van der Waals surface area contributed by atoms with E-state index in [1.165, 1.54) is 46.8 Å². The van der Waals surface area contributed by atoms with Gasteiger partial charge in [0.15, 0.2) is 12.4 Å². The fourth-order valence-corrected chi connectivity index (χ4v) is 4.18. The molecule has 2 aromatic rings. The van der Waals surface area contributed by atoms with Crippen LogP contribution in [0.2, 0.25) is 0 Å². The van der Waals surface area contributed by atoms with Crippen molar-refractivity contribution in [3.63, 3.8) is 0 Å². The van der Waals surface area contributed by atoms with Gasteiger partial charge in [-0.2, -0.15) is 4.31 Å². The third-order valence-corrected chi connectivity index (χ3v) is 6.46. The number of hydrogen-bond donors (Lipinski definition) is 2. The summed E-state index contributed by atoms with van der Waals surface area (Å²) in [6.07, 6.45) is 2.59. The summed E-state index contributed by atoms with van der Waals surface area (Å²) < 4.78 is 31.4. The average molecular weight is 477 g/mol. The summed E-state index contributed by atoms with van der Waals surface area (Å²) >= 11 is 0. The van der Waals surface area contributed by atoms with Crippen molar-refractivity contribution < 1.29 is 27.7 Å². The third kappa shape index (κ3) is 7.12. The van der Waals surface area contributed by atoms with Gasteiger partial charge in [-0.25, -0.2) is 8.42 Å². The molecule has 0 heterocycles. The van der Waals surface area contributed by atoms with Crippen molar-refractivity contribution in [1.82, 2.24) is 15.2 Å². The maximum Gasteiger partial charge on any atom is 0.310 e. The molecule has 0 aliphatic rings. The molecule has 0 spiro atoms. The standard InChI is InChI=1S/C21H24N4O7S/c1-3-24(4-2)33(30,31)17-12-9-16(10-13-17)11-14-20(26)22-23-21(27)15-32-19-8-6-5-7-18(19)25(28)29/h5-14H,3-4,15H2,1-2H3,(H,22,26)(H,23,27)/b14-11+. The summed E-state index contributed by atoms with van der Waals surface area (Å²) in [5, 5.41) is 10.9. The average Bonchev–Trinajstić information content (AvgIpc) is 2.81. The lowest BCUT2D eigenvalue weighted by Gasteiger charge is -2.18. The normalized spacial score (nSPS) is 11.4. The molecule has 2 rings (SSSR count). The molecule has 0 unspecified atom stereocenters. The zero-order chi connectivity index (χ0) is 24.4. The van der Waals surface area contributed by atoms with E-state index in [1.807, 2.05) is 0 Å². The van der Waals surface area contributed by atoms with Crippen LogP contribution in [0.4, 0.5) is 5.69 Å². The maximum absolute atomic E-state index is 12.5. The number of hydrazine groups is 1. The number of carbonyl (C=O) groups excluding carboxylic acids is 2. The van der Waals surface area contributed by atoms with Gasteiger partial charge in [-0.15, -0.1) is 0 Å². The Morgan fingerprint density at radius 3 is 2.30 bits per heavy atom. The van der Waals surface area contributed by atoms with E-state index >= 15 is 0 Å². The highest BCUT2D eigenvalue weighted by molar-refractivity contribution is 7.89. The predicted molar refractivity (Wildman–Crippen MR) is 120 cm³/mol. The predicted octanol–water partition coefficient (Wildman–Crippen LogP) is 1.86. The Kier molecular flexibility index (Phi) is 9.07. The number of hydrogen-bond acceptors (Lipinski definition) is 7. The van der Waals surface area contributed by atoms with Gasteiger partial charge in [0.2, 0.25) is 10.0 Å². The second-order valence-electron chi connectivity index (χ2n) is 6.54. The molecule has 2 N–H and O–H groups in total. The van der Waals surface area contributed by atoms with Crippen LogP contribution in [-0.4, -0.2) is 49.2 Å². The van der Waals surface area contributed by atoms with Crippen molar-refractivity contribution in [3.05, 3.63) is 70.3 Å². The Morgan fingerprint density at radius 1 is 1.06 bits per heavy atom. The van der Waals surface area contributed by atoms with Crippen LogP contribution in [0.1, 0.15) is 19.4 Å². The zero-order valence-corrected chi connectivity index (χ0v) is 18.9. The minimum absolute atomic E-state index is 0.0738. The van der Waals surface area contributed by atoms with E-state index in [1.54, 1.807) is 26.0 Å². The quantitative estimate of drug-likeness (QED) is 0.302. The van der Waals surface area contributed by atoms with Gasteiger partial charge in [-0.1, -0.05) is 38.1 Å². The van der Waals surface area contributed by atoms with Gasteiger partial charge < -0.3 is 4.74 Å². The van der Waals surface area contributed by atoms with Gasteiger partial charge in [0.25, 0.3) is 11.8 Å². The summed E-state index contributed by atoms with van der Waals surface area (Å²) in [4.78, 5) is 34.1. The molecule has 33 heavy (non-hydrogen) atoms. The van der Waals surface area contributed by atoms with Crippen molar-refractivity contribution in [2.24, 2.45) is 0 Å². The molecule has 0 aromatic heterocycles. The first-order valence-electron chi connectivity index (χ1n) is 9.92. The van der Waals surface area contributed by atoms with Crippen molar-refractivity contribution in [2.75, 3.05) is 19.7 Å². The minimum atomic E-state index is -3.57. The van der Waals surface area contributed by atoms with E-state index in [4.69, 9.17) is 4.74 Å². The van der Waals surface area contributed by atoms with Crippen molar-refractivity contribution in [2.45, 2.75) is 18.7 Å². The largest absolute Gasteiger partial charge is 0.477 e. The van der Waals surface area contributed by atoms with Crippen LogP contribution in [0.25, 0.3) is 6.08 Å². The molecule has 0 atom stereocenters. The Balaban J connectivity index is 1.86. The van der Waals surface area contributed by atoms with E-state index in [0.29, 0.717) is 18.7 Å². The van der Waals surface area contributed by atoms with Gasteiger partial charge in [0, 0.05) is 25.2 Å². The highest BCUT2D eigenvalue weighted by Crippen LogP contribution is 2.25. The second kappa shape index (κ2) is 11.7. The van der Waals surface area contributed by atoms with E-state index in [9.17, 15) is 28.1 Å². The monoisotopic (exact) mass is 476 g/mol. The Labute approximate surface area is 191 Å². The number of para-hydroxylation sites is 2. The molecule has 0 aliphatic heterocycles. The number of carbonyl (C=O) groups is 2. The number of amides is 2. The Bertz CT molecular complexity index is 1130. The van der Waals surface area contributed by atoms with E-state index in [-0.39, 0.29) is 16.3 Å². The number of benzene rings is 2. The molecule has 11 nitrogen and oxygen atoms in total. The summed E-state index contributed by atoms with van der Waals surface area (Å²) in [5.41, 5.74) is 4.57. The fraction of sp³-hybridized carbons (Fsp3) is 0.238. The molecule has 0 saturated heterocycles. The number of nitrogens with zero attached hydrogens (tertiary/aromatic N) is 2. The molecule has 0 aliphatic carbocycles. The van der Waals surface area contributed by atoms with Gasteiger partial charge in [0.1, 0.15) is 0 Å². The number of nitrogens with one attached hydrogen (secondary N) is 2. The molecule has 0 saturated carbocycles. The lowest BCUT2D eigenvalue weighted by molar-refractivity contribution is -0.385. The highest BCUT2D eigenvalue weighted by atomic mass is 32.2. The Morgan fingerprint density at radius 2 is 1.70 bits per heavy atom. The SMILES string of the molecule is CCN(CC)S(=O)(=O)c1ccc(/C=C/C(=O)NNC(=O)COc2ccccc2[N+](=O)[O-])cc1. The van der Waals surface area contributed by atoms with Gasteiger partial charge in [-0.05, 0) is 29.8 Å². The smallest absolute Gasteiger partial charge is 0.310 e. The maximum atomic E-state index is 12.5. The number of rotatable bonds is 10. The zero-order valence-electron chi connectivity index (χ0n) is 18.1. The third-order valence-electron chi connectivity index (χ3n) is 4.40. The van der Waals surface area contributed by atoms with Crippen LogP contribution in [0.15, 0.2) is 59.5 Å². The van der Waals surface area contributed by atoms with Crippen LogP contribution in [0, 0.1) is 10.1 Å². The van der Waals surface area contributed by atoms with Crippen molar-refractivity contribution >= 4 is 33.6 Å². The van der Waals surface area contributed by atoms with Crippen LogP contribution < -0.4 is 15.6 Å². The lowest BCUT2D eigenvalue weighted by Crippen LogP contribution is -2.43. The summed E-state index contributed by atoms with van der Waals surface area (Å²) in [6.45, 7) is 3.69. The first-order valence-corrected chi connectivity index (χ1v) is 11.4. The molecule has 12 heteroatoms. The number of nitro groups is 1. The van der Waals surface area contributed by atoms with Crippen LogP contribution in [0.3, 0.4) is 0 Å². The summed E-state index contributed by atoms with van der Waals surface area (Å²) in [5.74, 6) is -1.44. The lowest BCUT2D eigenvalue weighted by atomic mass is 10.2. The van der Waals surface area contributed by atoms with Crippen LogP contribution >= 0.6 is 0 Å².